The van der Waals surface area contributed by atoms with Gasteiger partial charge in [-0.05, 0) is 43.2 Å². The molecule has 0 unspecified atom stereocenters. The van der Waals surface area contributed by atoms with E-state index < -0.39 is 0 Å². The number of rotatable bonds is 4. The Balaban J connectivity index is 1.66. The summed E-state index contributed by atoms with van der Waals surface area (Å²) in [4.78, 5) is 30.9. The van der Waals surface area contributed by atoms with Crippen LogP contribution >= 0.6 is 0 Å². The lowest BCUT2D eigenvalue weighted by atomic mass is 10.2. The number of likely N-dealkylation sites (tertiary alicyclic amines) is 1. The number of nitrogens with zero attached hydrogens (tertiary/aromatic N) is 4. The van der Waals surface area contributed by atoms with Crippen LogP contribution in [-0.2, 0) is 11.3 Å². The van der Waals surface area contributed by atoms with Gasteiger partial charge in [-0.2, -0.15) is 4.98 Å². The number of aromatic nitrogens is 3. The number of benzene rings is 1. The monoisotopic (exact) mass is 368 g/mol. The number of carbonyl (C=O) groups excluding carboxylic acids is 1. The number of pyridine rings is 1. The van der Waals surface area contributed by atoms with Crippen molar-refractivity contribution in [1.82, 2.24) is 19.6 Å². The van der Waals surface area contributed by atoms with Crippen LogP contribution in [-0.4, -0.2) is 38.6 Å². The largest absolute Gasteiger partial charge is 0.341 e. The van der Waals surface area contributed by atoms with Crippen molar-refractivity contribution in [3.05, 3.63) is 58.6 Å². The van der Waals surface area contributed by atoms with Gasteiger partial charge in [0.15, 0.2) is 0 Å². The zero-order valence-electron chi connectivity index (χ0n) is 14.5. The minimum Gasteiger partial charge on any atom is -0.341 e. The van der Waals surface area contributed by atoms with Crippen LogP contribution in [0, 0.1) is 5.82 Å². The Bertz CT molecular complexity index is 1020. The predicted molar refractivity (Wildman–Crippen MR) is 95.2 cm³/mol. The summed E-state index contributed by atoms with van der Waals surface area (Å²) in [7, 11) is 0. The van der Waals surface area contributed by atoms with Gasteiger partial charge in [0.05, 0.1) is 0 Å². The molecule has 0 N–H and O–H groups in total. The smallest absolute Gasteiger partial charge is 0.274 e. The van der Waals surface area contributed by atoms with E-state index in [1.165, 1.54) is 22.8 Å². The predicted octanol–water partition coefficient (Wildman–Crippen LogP) is 2.33. The minimum absolute atomic E-state index is 0.0801. The number of amides is 1. The zero-order valence-corrected chi connectivity index (χ0v) is 14.5. The molecule has 3 aromatic rings. The van der Waals surface area contributed by atoms with Crippen molar-refractivity contribution < 1.29 is 13.7 Å². The summed E-state index contributed by atoms with van der Waals surface area (Å²) in [5.41, 5.74) is 0.641. The summed E-state index contributed by atoms with van der Waals surface area (Å²) >= 11 is 0. The summed E-state index contributed by atoms with van der Waals surface area (Å²) in [5.74, 6) is -0.0694. The maximum absolute atomic E-state index is 13.1. The second kappa shape index (κ2) is 7.14. The molecule has 1 aliphatic rings. The van der Waals surface area contributed by atoms with Gasteiger partial charge in [0.2, 0.25) is 11.7 Å². The third-order valence-electron chi connectivity index (χ3n) is 4.55. The third kappa shape index (κ3) is 3.51. The van der Waals surface area contributed by atoms with Crippen LogP contribution in [0.2, 0.25) is 0 Å². The van der Waals surface area contributed by atoms with E-state index in [1.54, 1.807) is 29.2 Å². The molecule has 7 nitrogen and oxygen atoms in total. The van der Waals surface area contributed by atoms with Gasteiger partial charge in [-0.3, -0.25) is 14.2 Å². The van der Waals surface area contributed by atoms with Gasteiger partial charge in [0.1, 0.15) is 18.1 Å². The molecule has 2 aromatic heterocycles. The molecule has 0 atom stereocenters. The maximum atomic E-state index is 13.1. The highest BCUT2D eigenvalue weighted by molar-refractivity contribution is 5.77. The van der Waals surface area contributed by atoms with Crippen LogP contribution in [0.5, 0.6) is 0 Å². The van der Waals surface area contributed by atoms with Crippen LogP contribution in [0.3, 0.4) is 0 Å². The fraction of sp³-hybridized carbons (Fsp3) is 0.263. The molecule has 8 heteroatoms. The second-order valence-electron chi connectivity index (χ2n) is 6.35. The zero-order chi connectivity index (χ0) is 18.8. The van der Waals surface area contributed by atoms with E-state index in [-0.39, 0.29) is 35.5 Å². The average molecular weight is 368 g/mol. The molecular formula is C19H17FN4O3. The van der Waals surface area contributed by atoms with E-state index in [0.29, 0.717) is 24.3 Å². The Labute approximate surface area is 154 Å². The topological polar surface area (TPSA) is 81.2 Å². The van der Waals surface area contributed by atoms with Gasteiger partial charge in [-0.15, -0.1) is 0 Å². The lowest BCUT2D eigenvalue weighted by Crippen LogP contribution is -2.34. The first kappa shape index (κ1) is 17.1. The van der Waals surface area contributed by atoms with Crippen molar-refractivity contribution in [3.8, 4) is 23.0 Å². The Morgan fingerprint density at radius 3 is 2.59 bits per heavy atom. The summed E-state index contributed by atoms with van der Waals surface area (Å²) < 4.78 is 19.7. The molecule has 0 saturated carbocycles. The molecule has 1 aliphatic heterocycles. The minimum atomic E-state index is -0.361. The lowest BCUT2D eigenvalue weighted by molar-refractivity contribution is -0.130. The molecule has 0 spiro atoms. The standard InChI is InChI=1S/C19H17FN4O3/c20-14-8-6-13(7-9-14)18-21-19(27-22-18)15-4-3-5-16(25)24(15)12-17(26)23-10-1-2-11-23/h3-9H,1-2,10-12H2. The third-order valence-corrected chi connectivity index (χ3v) is 4.55. The molecular weight excluding hydrogens is 351 g/mol. The van der Waals surface area contributed by atoms with Crippen molar-refractivity contribution >= 4 is 5.91 Å². The Morgan fingerprint density at radius 1 is 1.11 bits per heavy atom. The molecule has 1 amide bonds. The van der Waals surface area contributed by atoms with Gasteiger partial charge in [0, 0.05) is 24.7 Å². The Hall–Kier alpha value is -3.29. The van der Waals surface area contributed by atoms with E-state index in [4.69, 9.17) is 4.52 Å². The van der Waals surface area contributed by atoms with E-state index >= 15 is 0 Å². The molecule has 0 aliphatic carbocycles. The van der Waals surface area contributed by atoms with Gasteiger partial charge in [-0.1, -0.05) is 11.2 Å². The first-order valence-corrected chi connectivity index (χ1v) is 8.69. The van der Waals surface area contributed by atoms with E-state index in [9.17, 15) is 14.0 Å². The highest BCUT2D eigenvalue weighted by Gasteiger charge is 2.21. The van der Waals surface area contributed by atoms with Gasteiger partial charge in [0.25, 0.3) is 11.4 Å². The van der Waals surface area contributed by atoms with Crippen LogP contribution < -0.4 is 5.56 Å². The van der Waals surface area contributed by atoms with E-state index in [0.717, 1.165) is 12.8 Å². The van der Waals surface area contributed by atoms with Gasteiger partial charge in [-0.25, -0.2) is 4.39 Å². The quantitative estimate of drug-likeness (QED) is 0.706. The molecule has 27 heavy (non-hydrogen) atoms. The van der Waals surface area contributed by atoms with Crippen LogP contribution in [0.4, 0.5) is 4.39 Å². The number of carbonyl (C=O) groups is 1. The molecule has 0 bridgehead atoms. The molecule has 3 heterocycles. The summed E-state index contributed by atoms with van der Waals surface area (Å²) in [6.07, 6.45) is 1.96. The first-order chi connectivity index (χ1) is 13.1. The van der Waals surface area contributed by atoms with Crippen LogP contribution in [0.1, 0.15) is 12.8 Å². The SMILES string of the molecule is O=C(Cn1c(-c2nc(-c3ccc(F)cc3)no2)cccc1=O)N1CCCC1. The molecule has 1 fully saturated rings. The molecule has 1 saturated heterocycles. The van der Waals surface area contributed by atoms with Gasteiger partial charge >= 0.3 is 0 Å². The Kier molecular flexibility index (Phi) is 4.53. The highest BCUT2D eigenvalue weighted by Crippen LogP contribution is 2.22. The molecule has 0 radical (unpaired) electrons. The highest BCUT2D eigenvalue weighted by atomic mass is 19.1. The summed E-state index contributed by atoms with van der Waals surface area (Å²) in [5, 5.41) is 3.90. The van der Waals surface area contributed by atoms with Crippen molar-refractivity contribution in [2.75, 3.05) is 13.1 Å². The molecule has 4 rings (SSSR count). The van der Waals surface area contributed by atoms with Crippen LogP contribution in [0.15, 0.2) is 51.8 Å². The molecule has 138 valence electrons. The lowest BCUT2D eigenvalue weighted by Gasteiger charge is -2.17. The fourth-order valence-electron chi connectivity index (χ4n) is 3.12. The van der Waals surface area contributed by atoms with Crippen molar-refractivity contribution in [2.24, 2.45) is 0 Å². The number of hydrogen-bond acceptors (Lipinski definition) is 5. The van der Waals surface area contributed by atoms with Crippen molar-refractivity contribution in [1.29, 1.82) is 0 Å². The van der Waals surface area contributed by atoms with E-state index in [2.05, 4.69) is 10.1 Å². The normalized spacial score (nSPS) is 13.9. The summed E-state index contributed by atoms with van der Waals surface area (Å²) in [6.45, 7) is 1.35. The molecule has 1 aromatic carbocycles. The van der Waals surface area contributed by atoms with Gasteiger partial charge < -0.3 is 9.42 Å². The second-order valence-corrected chi connectivity index (χ2v) is 6.35. The number of hydrogen-bond donors (Lipinski definition) is 0. The maximum Gasteiger partial charge on any atom is 0.274 e. The summed E-state index contributed by atoms with van der Waals surface area (Å²) in [6, 6.07) is 10.3. The number of halogens is 1. The van der Waals surface area contributed by atoms with Crippen LogP contribution in [0.25, 0.3) is 23.0 Å². The average Bonchev–Trinajstić information content (AvgIpc) is 3.36. The first-order valence-electron chi connectivity index (χ1n) is 8.69. The fourth-order valence-corrected chi connectivity index (χ4v) is 3.12. The Morgan fingerprint density at radius 2 is 1.85 bits per heavy atom. The van der Waals surface area contributed by atoms with Crippen molar-refractivity contribution in [3.63, 3.8) is 0 Å². The van der Waals surface area contributed by atoms with E-state index in [1.807, 2.05) is 0 Å². The van der Waals surface area contributed by atoms with Crippen molar-refractivity contribution in [2.45, 2.75) is 19.4 Å².